The van der Waals surface area contributed by atoms with Crippen LogP contribution in [-0.2, 0) is 0 Å². The maximum Gasteiger partial charge on any atom is 0.0467 e. The van der Waals surface area contributed by atoms with Gasteiger partial charge in [0.15, 0.2) is 0 Å². The molecule has 1 aromatic rings. The fraction of sp³-hybridized carbons (Fsp3) is 0.571. The second-order valence-corrected chi connectivity index (χ2v) is 5.45. The Morgan fingerprint density at radius 2 is 2.12 bits per heavy atom. The van der Waals surface area contributed by atoms with Crippen molar-refractivity contribution in [1.82, 2.24) is 4.90 Å². The normalized spacial score (nSPS) is 13.1. The van der Waals surface area contributed by atoms with Crippen LogP contribution < -0.4 is 5.73 Å². The Kier molecular flexibility index (Phi) is 6.17. The number of aryl methyl sites for hydroxylation is 1. The van der Waals surface area contributed by atoms with E-state index in [-0.39, 0.29) is 0 Å². The van der Waals surface area contributed by atoms with Gasteiger partial charge < -0.3 is 5.73 Å². The minimum atomic E-state index is 0.318. The van der Waals surface area contributed by atoms with Crippen LogP contribution >= 0.6 is 15.9 Å². The van der Waals surface area contributed by atoms with Gasteiger partial charge in [-0.05, 0) is 44.1 Å². The summed E-state index contributed by atoms with van der Waals surface area (Å²) in [4.78, 5) is 2.35. The van der Waals surface area contributed by atoms with Crippen molar-refractivity contribution in [2.45, 2.75) is 32.7 Å². The molecule has 0 saturated heterocycles. The lowest BCUT2D eigenvalue weighted by Gasteiger charge is -2.27. The molecule has 0 radical (unpaired) electrons. The summed E-state index contributed by atoms with van der Waals surface area (Å²) in [5, 5.41) is 0. The highest BCUT2D eigenvalue weighted by Gasteiger charge is 2.15. The van der Waals surface area contributed by atoms with Crippen LogP contribution in [0.2, 0.25) is 0 Å². The van der Waals surface area contributed by atoms with Gasteiger partial charge in [0.2, 0.25) is 0 Å². The van der Waals surface area contributed by atoms with E-state index in [9.17, 15) is 0 Å². The van der Waals surface area contributed by atoms with E-state index in [1.807, 2.05) is 0 Å². The SMILES string of the molecule is CCCCN(C)C(CN)c1ccc(C)c(Br)c1. The molecular formula is C14H23BrN2. The van der Waals surface area contributed by atoms with Crippen LogP contribution in [0.1, 0.15) is 36.9 Å². The lowest BCUT2D eigenvalue weighted by atomic mass is 10.0. The van der Waals surface area contributed by atoms with E-state index in [2.05, 4.69) is 59.9 Å². The zero-order valence-electron chi connectivity index (χ0n) is 11.0. The van der Waals surface area contributed by atoms with Crippen LogP contribution in [0.4, 0.5) is 0 Å². The zero-order valence-corrected chi connectivity index (χ0v) is 12.6. The summed E-state index contributed by atoms with van der Waals surface area (Å²) >= 11 is 3.59. The Hall–Kier alpha value is -0.380. The predicted molar refractivity (Wildman–Crippen MR) is 78.2 cm³/mol. The Morgan fingerprint density at radius 1 is 1.41 bits per heavy atom. The first-order chi connectivity index (χ1) is 8.10. The van der Waals surface area contributed by atoms with Crippen LogP contribution in [0.15, 0.2) is 22.7 Å². The van der Waals surface area contributed by atoms with Gasteiger partial charge in [-0.15, -0.1) is 0 Å². The largest absolute Gasteiger partial charge is 0.329 e. The van der Waals surface area contributed by atoms with Crippen molar-refractivity contribution in [3.05, 3.63) is 33.8 Å². The second-order valence-electron chi connectivity index (χ2n) is 4.59. The van der Waals surface area contributed by atoms with E-state index in [0.29, 0.717) is 12.6 Å². The first kappa shape index (κ1) is 14.7. The highest BCUT2D eigenvalue weighted by Crippen LogP contribution is 2.24. The van der Waals surface area contributed by atoms with E-state index in [1.54, 1.807) is 0 Å². The quantitative estimate of drug-likeness (QED) is 0.871. The van der Waals surface area contributed by atoms with E-state index < -0.39 is 0 Å². The minimum absolute atomic E-state index is 0.318. The molecule has 1 unspecified atom stereocenters. The van der Waals surface area contributed by atoms with Gasteiger partial charge in [-0.25, -0.2) is 0 Å². The predicted octanol–water partition coefficient (Wildman–Crippen LogP) is 3.49. The molecule has 0 amide bonds. The number of likely N-dealkylation sites (N-methyl/N-ethyl adjacent to an activating group) is 1. The van der Waals surface area contributed by atoms with Crippen LogP contribution in [0.5, 0.6) is 0 Å². The Morgan fingerprint density at radius 3 is 2.65 bits per heavy atom. The number of rotatable bonds is 6. The molecule has 2 nitrogen and oxygen atoms in total. The lowest BCUT2D eigenvalue weighted by molar-refractivity contribution is 0.246. The number of nitrogens with zero attached hydrogens (tertiary/aromatic N) is 1. The maximum atomic E-state index is 5.91. The maximum absolute atomic E-state index is 5.91. The first-order valence-electron chi connectivity index (χ1n) is 6.26. The van der Waals surface area contributed by atoms with Gasteiger partial charge in [0.25, 0.3) is 0 Å². The molecule has 0 heterocycles. The highest BCUT2D eigenvalue weighted by atomic mass is 79.9. The topological polar surface area (TPSA) is 29.3 Å². The van der Waals surface area contributed by atoms with Gasteiger partial charge in [-0.3, -0.25) is 4.90 Å². The Balaban J connectivity index is 2.81. The number of hydrogen-bond donors (Lipinski definition) is 1. The van der Waals surface area contributed by atoms with Crippen molar-refractivity contribution >= 4 is 15.9 Å². The van der Waals surface area contributed by atoms with Gasteiger partial charge in [0.05, 0.1) is 0 Å². The summed E-state index contributed by atoms with van der Waals surface area (Å²) in [6.45, 7) is 6.08. The minimum Gasteiger partial charge on any atom is -0.329 e. The molecule has 2 N–H and O–H groups in total. The average molecular weight is 299 g/mol. The van der Waals surface area contributed by atoms with Gasteiger partial charge in [0, 0.05) is 17.1 Å². The monoisotopic (exact) mass is 298 g/mol. The summed E-state index contributed by atoms with van der Waals surface area (Å²) in [6, 6.07) is 6.84. The van der Waals surface area contributed by atoms with Crippen molar-refractivity contribution in [2.24, 2.45) is 5.73 Å². The van der Waals surface area contributed by atoms with Crippen LogP contribution in [-0.4, -0.2) is 25.0 Å². The summed E-state index contributed by atoms with van der Waals surface area (Å²) in [5.74, 6) is 0. The number of hydrogen-bond acceptors (Lipinski definition) is 2. The lowest BCUT2D eigenvalue weighted by Crippen LogP contribution is -2.31. The summed E-state index contributed by atoms with van der Waals surface area (Å²) < 4.78 is 1.16. The third kappa shape index (κ3) is 4.09. The standard InChI is InChI=1S/C14H23BrN2/c1-4-5-8-17(3)14(10-16)12-7-6-11(2)13(15)9-12/h6-7,9,14H,4-5,8,10,16H2,1-3H3. The van der Waals surface area contributed by atoms with Crippen molar-refractivity contribution in [3.63, 3.8) is 0 Å². The number of unbranched alkanes of at least 4 members (excludes halogenated alkanes) is 1. The van der Waals surface area contributed by atoms with E-state index in [4.69, 9.17) is 5.73 Å². The van der Waals surface area contributed by atoms with Crippen molar-refractivity contribution < 1.29 is 0 Å². The van der Waals surface area contributed by atoms with E-state index >= 15 is 0 Å². The Labute approximate surface area is 113 Å². The molecule has 1 atom stereocenters. The molecule has 0 bridgehead atoms. The fourth-order valence-electron chi connectivity index (χ4n) is 1.95. The molecule has 0 spiro atoms. The molecule has 0 aliphatic carbocycles. The Bertz CT molecular complexity index is 352. The molecule has 0 fully saturated rings. The summed E-state index contributed by atoms with van der Waals surface area (Å²) in [7, 11) is 2.15. The highest BCUT2D eigenvalue weighted by molar-refractivity contribution is 9.10. The number of halogens is 1. The molecule has 0 aromatic heterocycles. The molecule has 3 heteroatoms. The van der Waals surface area contributed by atoms with Crippen LogP contribution in [0.3, 0.4) is 0 Å². The third-order valence-electron chi connectivity index (χ3n) is 3.20. The summed E-state index contributed by atoms with van der Waals surface area (Å²) in [5.41, 5.74) is 8.47. The molecule has 1 rings (SSSR count). The molecule has 0 saturated carbocycles. The fourth-order valence-corrected chi connectivity index (χ4v) is 2.35. The molecular weight excluding hydrogens is 276 g/mol. The van der Waals surface area contributed by atoms with Gasteiger partial charge in [-0.2, -0.15) is 0 Å². The smallest absolute Gasteiger partial charge is 0.0467 e. The van der Waals surface area contributed by atoms with Crippen molar-refractivity contribution in [2.75, 3.05) is 20.1 Å². The molecule has 17 heavy (non-hydrogen) atoms. The van der Waals surface area contributed by atoms with Crippen LogP contribution in [0.25, 0.3) is 0 Å². The molecule has 0 aliphatic heterocycles. The molecule has 1 aromatic carbocycles. The van der Waals surface area contributed by atoms with Crippen LogP contribution in [0, 0.1) is 6.92 Å². The third-order valence-corrected chi connectivity index (χ3v) is 4.05. The van der Waals surface area contributed by atoms with E-state index in [0.717, 1.165) is 11.0 Å². The first-order valence-corrected chi connectivity index (χ1v) is 7.05. The van der Waals surface area contributed by atoms with Crippen molar-refractivity contribution in [1.29, 1.82) is 0 Å². The van der Waals surface area contributed by atoms with Gasteiger partial charge in [-0.1, -0.05) is 41.4 Å². The second kappa shape index (κ2) is 7.14. The number of benzene rings is 1. The molecule has 96 valence electrons. The van der Waals surface area contributed by atoms with Gasteiger partial charge >= 0.3 is 0 Å². The molecule has 0 aliphatic rings. The zero-order chi connectivity index (χ0) is 12.8. The average Bonchev–Trinajstić information content (AvgIpc) is 2.32. The summed E-state index contributed by atoms with van der Waals surface area (Å²) in [6.07, 6.45) is 2.44. The number of nitrogens with two attached hydrogens (primary N) is 1. The van der Waals surface area contributed by atoms with E-state index in [1.165, 1.54) is 24.0 Å². The van der Waals surface area contributed by atoms with Gasteiger partial charge in [0.1, 0.15) is 0 Å². The van der Waals surface area contributed by atoms with Crippen molar-refractivity contribution in [3.8, 4) is 0 Å².